The lowest BCUT2D eigenvalue weighted by Crippen LogP contribution is -2.35. The van der Waals surface area contributed by atoms with Gasteiger partial charge in [-0.05, 0) is 25.3 Å². The van der Waals surface area contributed by atoms with Gasteiger partial charge in [0.15, 0.2) is 5.96 Å². The summed E-state index contributed by atoms with van der Waals surface area (Å²) >= 11 is 0. The van der Waals surface area contributed by atoms with Gasteiger partial charge in [-0.25, -0.2) is 0 Å². The Morgan fingerprint density at radius 1 is 1.12 bits per heavy atom. The van der Waals surface area contributed by atoms with Gasteiger partial charge in [0, 0.05) is 35.8 Å². The summed E-state index contributed by atoms with van der Waals surface area (Å²) in [5, 5.41) is 13.2. The number of likely N-dealkylation sites (tertiary alicyclic amines) is 1. The van der Waals surface area contributed by atoms with Gasteiger partial charge in [-0.3, -0.25) is 5.41 Å². The van der Waals surface area contributed by atoms with Crippen molar-refractivity contribution in [2.75, 3.05) is 6.54 Å². The molecular formula is C25H36N6O. The third kappa shape index (κ3) is 4.97. The highest BCUT2D eigenvalue weighted by atomic mass is 16.5. The summed E-state index contributed by atoms with van der Waals surface area (Å²) in [6.45, 7) is 4.02. The molecule has 3 N–H and O–H groups in total. The molecule has 7 heteroatoms. The van der Waals surface area contributed by atoms with Gasteiger partial charge in [-0.15, -0.1) is 0 Å². The SMILES string of the molecule is CCCCCCCCCCn1cc(-c2noc([C@@H]3CCCN3C(=N)N)n2)c2ccccc21. The molecule has 0 saturated carbocycles. The van der Waals surface area contributed by atoms with E-state index in [-0.39, 0.29) is 12.0 Å². The third-order valence-corrected chi connectivity index (χ3v) is 6.57. The van der Waals surface area contributed by atoms with E-state index in [1.54, 1.807) is 0 Å². The maximum Gasteiger partial charge on any atom is 0.249 e. The fourth-order valence-corrected chi connectivity index (χ4v) is 4.82. The summed E-state index contributed by atoms with van der Waals surface area (Å²) < 4.78 is 7.96. The smallest absolute Gasteiger partial charge is 0.249 e. The first kappa shape index (κ1) is 22.4. The predicted molar refractivity (Wildman–Crippen MR) is 128 cm³/mol. The molecule has 0 radical (unpaired) electrons. The van der Waals surface area contributed by atoms with Gasteiger partial charge >= 0.3 is 0 Å². The van der Waals surface area contributed by atoms with Crippen LogP contribution in [0.1, 0.15) is 83.1 Å². The number of guanidine groups is 1. The lowest BCUT2D eigenvalue weighted by Gasteiger charge is -2.21. The van der Waals surface area contributed by atoms with Crippen LogP contribution in [0.25, 0.3) is 22.3 Å². The molecule has 1 atom stereocenters. The summed E-state index contributed by atoms with van der Waals surface area (Å²) in [5.74, 6) is 1.23. The average molecular weight is 437 g/mol. The molecule has 172 valence electrons. The first-order chi connectivity index (χ1) is 15.7. The number of benzene rings is 1. The molecule has 7 nitrogen and oxygen atoms in total. The van der Waals surface area contributed by atoms with Crippen molar-refractivity contribution in [3.63, 3.8) is 0 Å². The Kier molecular flexibility index (Phi) is 7.45. The van der Waals surface area contributed by atoms with Crippen LogP contribution in [0.3, 0.4) is 0 Å². The zero-order valence-corrected chi connectivity index (χ0v) is 19.2. The molecule has 1 aliphatic rings. The second-order valence-corrected chi connectivity index (χ2v) is 8.92. The van der Waals surface area contributed by atoms with E-state index in [2.05, 4.69) is 47.1 Å². The first-order valence-corrected chi connectivity index (χ1v) is 12.2. The molecule has 0 spiro atoms. The van der Waals surface area contributed by atoms with Gasteiger partial charge in [-0.1, -0.05) is 75.2 Å². The van der Waals surface area contributed by atoms with Crippen LogP contribution < -0.4 is 5.73 Å². The molecule has 3 aromatic rings. The molecule has 1 aromatic carbocycles. The lowest BCUT2D eigenvalue weighted by atomic mass is 10.1. The Morgan fingerprint density at radius 2 is 1.88 bits per heavy atom. The maximum atomic E-state index is 7.80. The molecule has 4 rings (SSSR count). The minimum absolute atomic E-state index is 0.0641. The van der Waals surface area contributed by atoms with Gasteiger partial charge in [-0.2, -0.15) is 4.98 Å². The van der Waals surface area contributed by atoms with Crippen LogP contribution in [0.5, 0.6) is 0 Å². The molecule has 0 aliphatic carbocycles. The Balaban J connectivity index is 1.44. The van der Waals surface area contributed by atoms with Gasteiger partial charge in [0.05, 0.1) is 0 Å². The summed E-state index contributed by atoms with van der Waals surface area (Å²) in [5.41, 5.74) is 7.95. The highest BCUT2D eigenvalue weighted by Gasteiger charge is 2.32. The predicted octanol–water partition coefficient (Wildman–Crippen LogP) is 5.86. The van der Waals surface area contributed by atoms with Crippen molar-refractivity contribution < 1.29 is 4.52 Å². The van der Waals surface area contributed by atoms with Gasteiger partial charge < -0.3 is 19.7 Å². The quantitative estimate of drug-likeness (QED) is 0.223. The number of fused-ring (bicyclic) bond motifs is 1. The van der Waals surface area contributed by atoms with Gasteiger partial charge in [0.1, 0.15) is 6.04 Å². The number of rotatable bonds is 11. The number of nitrogens with two attached hydrogens (primary N) is 1. The topological polar surface area (TPSA) is 97.0 Å². The molecule has 2 aromatic heterocycles. The summed E-state index contributed by atoms with van der Waals surface area (Å²) in [6.07, 6.45) is 14.5. The molecule has 1 aliphatic heterocycles. The Bertz CT molecular complexity index is 1020. The number of nitrogens with zero attached hydrogens (tertiary/aromatic N) is 4. The number of unbranched alkanes of at least 4 members (excludes halogenated alkanes) is 7. The number of hydrogen-bond acceptors (Lipinski definition) is 4. The second-order valence-electron chi connectivity index (χ2n) is 8.92. The van der Waals surface area contributed by atoms with Crippen molar-refractivity contribution in [1.82, 2.24) is 19.6 Å². The first-order valence-electron chi connectivity index (χ1n) is 12.2. The number of para-hydroxylation sites is 1. The van der Waals surface area contributed by atoms with E-state index in [1.165, 1.54) is 56.9 Å². The van der Waals surface area contributed by atoms with Crippen molar-refractivity contribution in [2.45, 2.75) is 83.7 Å². The Labute approximate surface area is 190 Å². The van der Waals surface area contributed by atoms with Crippen molar-refractivity contribution >= 4 is 16.9 Å². The molecule has 1 fully saturated rings. The van der Waals surface area contributed by atoms with E-state index in [1.807, 2.05) is 4.90 Å². The number of hydrogen-bond donors (Lipinski definition) is 2. The number of nitrogens with one attached hydrogen (secondary N) is 1. The second kappa shape index (κ2) is 10.7. The van der Waals surface area contributed by atoms with E-state index in [0.29, 0.717) is 11.7 Å². The van der Waals surface area contributed by atoms with E-state index < -0.39 is 0 Å². The summed E-state index contributed by atoms with van der Waals surface area (Å²) in [6, 6.07) is 8.34. The van der Waals surface area contributed by atoms with E-state index in [0.717, 1.165) is 36.9 Å². The minimum atomic E-state index is -0.0978. The molecule has 0 amide bonds. The Hall–Kier alpha value is -2.83. The van der Waals surface area contributed by atoms with Crippen molar-refractivity contribution in [3.05, 3.63) is 36.4 Å². The van der Waals surface area contributed by atoms with Gasteiger partial charge in [0.2, 0.25) is 11.7 Å². The van der Waals surface area contributed by atoms with E-state index >= 15 is 0 Å². The zero-order valence-electron chi connectivity index (χ0n) is 19.2. The highest BCUT2D eigenvalue weighted by Crippen LogP contribution is 2.34. The van der Waals surface area contributed by atoms with Crippen molar-refractivity contribution in [3.8, 4) is 11.4 Å². The normalized spacial score (nSPS) is 16.3. The molecule has 32 heavy (non-hydrogen) atoms. The average Bonchev–Trinajstić information content (AvgIpc) is 3.53. The molecule has 1 saturated heterocycles. The summed E-state index contributed by atoms with van der Waals surface area (Å²) in [4.78, 5) is 6.55. The van der Waals surface area contributed by atoms with E-state index in [4.69, 9.17) is 20.7 Å². The largest absolute Gasteiger partial charge is 0.370 e. The van der Waals surface area contributed by atoms with Crippen LogP contribution in [0.4, 0.5) is 0 Å². The fraction of sp³-hybridized carbons (Fsp3) is 0.560. The van der Waals surface area contributed by atoms with Crippen LogP contribution in [-0.4, -0.2) is 32.1 Å². The monoisotopic (exact) mass is 436 g/mol. The molecule has 0 unspecified atom stereocenters. The standard InChI is InChI=1S/C25H36N6O/c1-2-3-4-5-6-7-8-11-16-30-18-20(19-13-9-10-14-21(19)30)23-28-24(32-29-23)22-15-12-17-31(22)25(26)27/h9-10,13-14,18,22H,2-8,11-12,15-17H2,1H3,(H3,26,27)/t22-/m0/s1. The molecular weight excluding hydrogens is 400 g/mol. The minimum Gasteiger partial charge on any atom is -0.370 e. The highest BCUT2D eigenvalue weighted by molar-refractivity contribution is 5.94. The number of aryl methyl sites for hydroxylation is 1. The Morgan fingerprint density at radius 3 is 2.66 bits per heavy atom. The van der Waals surface area contributed by atoms with Crippen molar-refractivity contribution in [1.29, 1.82) is 5.41 Å². The molecule has 0 bridgehead atoms. The zero-order chi connectivity index (χ0) is 22.3. The third-order valence-electron chi connectivity index (χ3n) is 6.57. The number of aromatic nitrogens is 3. The van der Waals surface area contributed by atoms with Crippen LogP contribution in [0.2, 0.25) is 0 Å². The van der Waals surface area contributed by atoms with Crippen LogP contribution in [-0.2, 0) is 6.54 Å². The van der Waals surface area contributed by atoms with Crippen LogP contribution in [0.15, 0.2) is 35.0 Å². The van der Waals surface area contributed by atoms with Crippen molar-refractivity contribution in [2.24, 2.45) is 5.73 Å². The van der Waals surface area contributed by atoms with Crippen LogP contribution >= 0.6 is 0 Å². The lowest BCUT2D eigenvalue weighted by molar-refractivity contribution is 0.283. The molecule has 3 heterocycles. The van der Waals surface area contributed by atoms with Crippen LogP contribution in [0, 0.1) is 5.41 Å². The fourth-order valence-electron chi connectivity index (χ4n) is 4.82. The summed E-state index contributed by atoms with van der Waals surface area (Å²) in [7, 11) is 0. The van der Waals surface area contributed by atoms with E-state index in [9.17, 15) is 0 Å². The van der Waals surface area contributed by atoms with Gasteiger partial charge in [0.25, 0.3) is 0 Å². The maximum absolute atomic E-state index is 7.80.